The predicted molar refractivity (Wildman–Crippen MR) is 50.3 cm³/mol. The third kappa shape index (κ3) is 5.60. The van der Waals surface area contributed by atoms with Gasteiger partial charge in [-0.15, -0.1) is 0 Å². The summed E-state index contributed by atoms with van der Waals surface area (Å²) < 4.78 is 0. The Hall–Kier alpha value is -0.610. The number of carbonyl (C=O) groups is 1. The van der Waals surface area contributed by atoms with Crippen LogP contribution in [-0.2, 0) is 9.63 Å². The maximum absolute atomic E-state index is 10.4. The molecule has 0 fully saturated rings. The number of aliphatic carboxylic acids is 1. The Morgan fingerprint density at radius 3 is 2.54 bits per heavy atom. The molecule has 0 aliphatic heterocycles. The lowest BCUT2D eigenvalue weighted by Gasteiger charge is -2.24. The quantitative estimate of drug-likeness (QED) is 0.617. The molecule has 0 unspecified atom stereocenters. The first-order chi connectivity index (χ1) is 6.11. The summed E-state index contributed by atoms with van der Waals surface area (Å²) in [7, 11) is 3.44. The average molecular weight is 189 g/mol. The topological polar surface area (TPSA) is 49.8 Å². The minimum atomic E-state index is -0.745. The second-order valence-corrected chi connectivity index (χ2v) is 3.10. The number of hydrogen-bond donors (Lipinski definition) is 1. The van der Waals surface area contributed by atoms with Crippen molar-refractivity contribution in [3.8, 4) is 0 Å². The van der Waals surface area contributed by atoms with Gasteiger partial charge in [0.1, 0.15) is 0 Å². The van der Waals surface area contributed by atoms with E-state index >= 15 is 0 Å². The molecule has 0 aliphatic rings. The Morgan fingerprint density at radius 2 is 2.15 bits per heavy atom. The highest BCUT2D eigenvalue weighted by molar-refractivity contribution is 5.66. The van der Waals surface area contributed by atoms with Gasteiger partial charge < -0.3 is 9.94 Å². The second kappa shape index (κ2) is 6.86. The molecule has 1 N–H and O–H groups in total. The zero-order valence-corrected chi connectivity index (χ0v) is 8.62. The van der Waals surface area contributed by atoms with Crippen molar-refractivity contribution in [2.75, 3.05) is 14.2 Å². The predicted octanol–water partition coefficient (Wildman–Crippen LogP) is 1.51. The van der Waals surface area contributed by atoms with Crippen molar-refractivity contribution >= 4 is 5.97 Å². The van der Waals surface area contributed by atoms with Crippen molar-refractivity contribution in [2.24, 2.45) is 0 Å². The number of rotatable bonds is 7. The minimum absolute atomic E-state index is 0.207. The molecule has 78 valence electrons. The fraction of sp³-hybridized carbons (Fsp3) is 0.889. The van der Waals surface area contributed by atoms with Crippen molar-refractivity contribution in [2.45, 2.75) is 38.6 Å². The average Bonchev–Trinajstić information content (AvgIpc) is 2.10. The van der Waals surface area contributed by atoms with Crippen molar-refractivity contribution in [1.82, 2.24) is 5.06 Å². The van der Waals surface area contributed by atoms with Crippen LogP contribution in [0.2, 0.25) is 0 Å². The molecule has 0 amide bonds. The van der Waals surface area contributed by atoms with Crippen LogP contribution in [0.1, 0.15) is 32.6 Å². The van der Waals surface area contributed by atoms with Gasteiger partial charge in [0, 0.05) is 19.5 Å². The molecule has 0 rings (SSSR count). The van der Waals surface area contributed by atoms with Gasteiger partial charge in [-0.25, -0.2) is 0 Å². The molecular weight excluding hydrogens is 170 g/mol. The Balaban J connectivity index is 3.86. The zero-order chi connectivity index (χ0) is 10.3. The fourth-order valence-corrected chi connectivity index (χ4v) is 1.28. The first kappa shape index (κ1) is 12.4. The highest BCUT2D eigenvalue weighted by Crippen LogP contribution is 2.11. The van der Waals surface area contributed by atoms with Crippen LogP contribution in [-0.4, -0.2) is 36.3 Å². The van der Waals surface area contributed by atoms with E-state index in [0.717, 1.165) is 12.8 Å². The lowest BCUT2D eigenvalue weighted by atomic mass is 10.1. The van der Waals surface area contributed by atoms with Gasteiger partial charge in [-0.3, -0.25) is 4.79 Å². The first-order valence-corrected chi connectivity index (χ1v) is 4.60. The van der Waals surface area contributed by atoms with Gasteiger partial charge in [-0.2, -0.15) is 5.06 Å². The van der Waals surface area contributed by atoms with Crippen LogP contribution in [0.5, 0.6) is 0 Å². The van der Waals surface area contributed by atoms with E-state index in [9.17, 15) is 4.79 Å². The van der Waals surface area contributed by atoms with Crippen LogP contribution in [0.4, 0.5) is 0 Å². The van der Waals surface area contributed by atoms with Crippen LogP contribution in [0.15, 0.2) is 0 Å². The molecule has 0 saturated heterocycles. The number of nitrogens with zero attached hydrogens (tertiary/aromatic N) is 1. The van der Waals surface area contributed by atoms with Gasteiger partial charge in [-0.1, -0.05) is 13.3 Å². The third-order valence-corrected chi connectivity index (χ3v) is 2.12. The number of carboxylic acids is 1. The summed E-state index contributed by atoms with van der Waals surface area (Å²) in [6.45, 7) is 2.08. The molecule has 4 heteroatoms. The molecule has 0 radical (unpaired) electrons. The molecule has 0 aliphatic carbocycles. The molecule has 0 aromatic carbocycles. The van der Waals surface area contributed by atoms with Gasteiger partial charge in [0.05, 0.1) is 7.11 Å². The molecule has 0 aromatic heterocycles. The first-order valence-electron chi connectivity index (χ1n) is 4.60. The standard InChI is InChI=1S/C9H19NO3/c1-4-5-8(10(2)13-3)6-7-9(11)12/h8H,4-7H2,1-3H3,(H,11,12)/t8-/m1/s1. The Kier molecular flexibility index (Phi) is 6.54. The summed E-state index contributed by atoms with van der Waals surface area (Å²) in [6, 6.07) is 0.214. The van der Waals surface area contributed by atoms with Gasteiger partial charge in [0.25, 0.3) is 0 Å². The van der Waals surface area contributed by atoms with Crippen molar-refractivity contribution in [3.05, 3.63) is 0 Å². The molecule has 0 saturated carbocycles. The van der Waals surface area contributed by atoms with E-state index in [1.807, 2.05) is 7.05 Å². The number of carboxylic acid groups (broad SMARTS) is 1. The van der Waals surface area contributed by atoms with Crippen molar-refractivity contribution in [1.29, 1.82) is 0 Å². The van der Waals surface area contributed by atoms with Crippen molar-refractivity contribution in [3.63, 3.8) is 0 Å². The van der Waals surface area contributed by atoms with Gasteiger partial charge in [-0.05, 0) is 12.8 Å². The van der Waals surface area contributed by atoms with E-state index < -0.39 is 5.97 Å². The van der Waals surface area contributed by atoms with E-state index in [0.29, 0.717) is 6.42 Å². The van der Waals surface area contributed by atoms with Crippen molar-refractivity contribution < 1.29 is 14.7 Å². The summed E-state index contributed by atoms with van der Waals surface area (Å²) in [5.74, 6) is -0.745. The SMILES string of the molecule is CCC[C@H](CCC(=O)O)N(C)OC. The molecule has 0 aromatic rings. The Morgan fingerprint density at radius 1 is 1.54 bits per heavy atom. The summed E-state index contributed by atoms with van der Waals surface area (Å²) in [4.78, 5) is 15.4. The van der Waals surface area contributed by atoms with Gasteiger partial charge in [0.2, 0.25) is 0 Å². The summed E-state index contributed by atoms with van der Waals surface area (Å²) in [5, 5.41) is 10.3. The molecule has 1 atom stereocenters. The summed E-state index contributed by atoms with van der Waals surface area (Å²) >= 11 is 0. The maximum atomic E-state index is 10.4. The van der Waals surface area contributed by atoms with Gasteiger partial charge in [0.15, 0.2) is 0 Å². The largest absolute Gasteiger partial charge is 0.481 e. The normalized spacial score (nSPS) is 13.2. The fourth-order valence-electron chi connectivity index (χ4n) is 1.28. The monoisotopic (exact) mass is 189 g/mol. The highest BCUT2D eigenvalue weighted by atomic mass is 16.7. The Labute approximate surface area is 79.4 Å². The zero-order valence-electron chi connectivity index (χ0n) is 8.62. The maximum Gasteiger partial charge on any atom is 0.303 e. The molecule has 0 heterocycles. The van der Waals surface area contributed by atoms with Crippen LogP contribution in [0, 0.1) is 0 Å². The minimum Gasteiger partial charge on any atom is -0.481 e. The van der Waals surface area contributed by atoms with Crippen LogP contribution in [0.25, 0.3) is 0 Å². The van der Waals surface area contributed by atoms with E-state index in [1.54, 1.807) is 12.2 Å². The lowest BCUT2D eigenvalue weighted by Crippen LogP contribution is -2.31. The molecule has 0 spiro atoms. The van der Waals surface area contributed by atoms with E-state index in [1.165, 1.54) is 0 Å². The lowest BCUT2D eigenvalue weighted by molar-refractivity contribution is -0.149. The number of hydroxylamine groups is 2. The summed E-state index contributed by atoms with van der Waals surface area (Å²) in [5.41, 5.74) is 0. The van der Waals surface area contributed by atoms with Crippen LogP contribution < -0.4 is 0 Å². The molecule has 13 heavy (non-hydrogen) atoms. The second-order valence-electron chi connectivity index (χ2n) is 3.10. The molecule has 4 nitrogen and oxygen atoms in total. The third-order valence-electron chi connectivity index (χ3n) is 2.12. The number of hydrogen-bond acceptors (Lipinski definition) is 3. The highest BCUT2D eigenvalue weighted by Gasteiger charge is 2.14. The Bertz CT molecular complexity index is 150. The molecular formula is C9H19NO3. The smallest absolute Gasteiger partial charge is 0.303 e. The van der Waals surface area contributed by atoms with E-state index in [4.69, 9.17) is 9.94 Å². The summed E-state index contributed by atoms with van der Waals surface area (Å²) in [6.07, 6.45) is 2.86. The van der Waals surface area contributed by atoms with Gasteiger partial charge >= 0.3 is 5.97 Å². The van der Waals surface area contributed by atoms with E-state index in [-0.39, 0.29) is 12.5 Å². The van der Waals surface area contributed by atoms with Crippen LogP contribution >= 0.6 is 0 Å². The molecule has 0 bridgehead atoms. The van der Waals surface area contributed by atoms with E-state index in [2.05, 4.69) is 6.92 Å². The van der Waals surface area contributed by atoms with Crippen LogP contribution in [0.3, 0.4) is 0 Å².